The number of hydrogen-bond donors (Lipinski definition) is 0. The number of likely N-dealkylation sites (tertiary alicyclic amines) is 1. The topological polar surface area (TPSA) is 28.6 Å². The summed E-state index contributed by atoms with van der Waals surface area (Å²) in [5.74, 6) is 1.37. The van der Waals surface area contributed by atoms with Gasteiger partial charge in [-0.1, -0.05) is 12.1 Å². The van der Waals surface area contributed by atoms with E-state index >= 15 is 0 Å². The van der Waals surface area contributed by atoms with Gasteiger partial charge in [-0.15, -0.1) is 0 Å². The van der Waals surface area contributed by atoms with E-state index in [4.69, 9.17) is 4.74 Å². The minimum atomic E-state index is -0.207. The van der Waals surface area contributed by atoms with E-state index in [1.54, 1.807) is 12.3 Å². The number of ether oxygens (including phenoxy) is 1. The Kier molecular flexibility index (Phi) is 3.63. The molecule has 0 amide bonds. The summed E-state index contributed by atoms with van der Waals surface area (Å²) in [4.78, 5) is 8.97. The van der Waals surface area contributed by atoms with Gasteiger partial charge in [0, 0.05) is 44.3 Å². The summed E-state index contributed by atoms with van der Waals surface area (Å²) in [5.41, 5.74) is 2.73. The van der Waals surface area contributed by atoms with E-state index in [0.29, 0.717) is 17.9 Å². The van der Waals surface area contributed by atoms with Gasteiger partial charge in [0.25, 0.3) is 0 Å². The number of fused-ring (bicyclic) bond motifs is 3. The van der Waals surface area contributed by atoms with Crippen molar-refractivity contribution in [3.05, 3.63) is 53.5 Å². The first-order valence-electron chi connectivity index (χ1n) is 9.14. The minimum Gasteiger partial charge on any atom is -0.493 e. The lowest BCUT2D eigenvalue weighted by Gasteiger charge is -2.35. The van der Waals surface area contributed by atoms with Gasteiger partial charge in [-0.2, -0.15) is 0 Å². The van der Waals surface area contributed by atoms with E-state index in [0.717, 1.165) is 51.3 Å². The van der Waals surface area contributed by atoms with Crippen molar-refractivity contribution >= 4 is 5.82 Å². The maximum Gasteiger partial charge on any atom is 0.165 e. The number of hydrogen-bond acceptors (Lipinski definition) is 4. The third-order valence-electron chi connectivity index (χ3n) is 5.81. The highest BCUT2D eigenvalue weighted by Gasteiger charge is 2.44. The number of aromatic nitrogens is 1. The van der Waals surface area contributed by atoms with Crippen molar-refractivity contribution in [3.63, 3.8) is 0 Å². The molecule has 1 aromatic carbocycles. The minimum absolute atomic E-state index is 0.207. The first-order valence-corrected chi connectivity index (χ1v) is 9.14. The Labute approximate surface area is 147 Å². The predicted molar refractivity (Wildman–Crippen MR) is 94.7 cm³/mol. The number of rotatable bonds is 4. The Morgan fingerprint density at radius 3 is 3.00 bits per heavy atom. The molecule has 4 heterocycles. The fourth-order valence-electron chi connectivity index (χ4n) is 4.54. The van der Waals surface area contributed by atoms with Gasteiger partial charge in [0.2, 0.25) is 0 Å². The van der Waals surface area contributed by atoms with Gasteiger partial charge in [0.1, 0.15) is 5.75 Å². The molecule has 0 radical (unpaired) electrons. The molecular weight excluding hydrogens is 317 g/mol. The Hall–Kier alpha value is -2.14. The number of halogens is 1. The first-order chi connectivity index (χ1) is 12.3. The summed E-state index contributed by atoms with van der Waals surface area (Å²) in [6.45, 7) is 3.78. The van der Waals surface area contributed by atoms with Crippen LogP contribution in [0, 0.1) is 5.82 Å². The maximum atomic E-state index is 14.0. The summed E-state index contributed by atoms with van der Waals surface area (Å²) in [6.07, 6.45) is 4.89. The highest BCUT2D eigenvalue weighted by molar-refractivity contribution is 5.44. The van der Waals surface area contributed by atoms with E-state index in [-0.39, 0.29) is 5.82 Å². The van der Waals surface area contributed by atoms with Crippen molar-refractivity contribution in [1.82, 2.24) is 9.88 Å². The molecule has 0 saturated carbocycles. The van der Waals surface area contributed by atoms with Gasteiger partial charge in [-0.3, -0.25) is 4.90 Å². The Balaban J connectivity index is 1.22. The van der Waals surface area contributed by atoms with Crippen molar-refractivity contribution in [2.45, 2.75) is 31.3 Å². The van der Waals surface area contributed by atoms with Crippen LogP contribution in [-0.2, 0) is 12.8 Å². The van der Waals surface area contributed by atoms with Crippen LogP contribution < -0.4 is 9.64 Å². The second-order valence-corrected chi connectivity index (χ2v) is 7.29. The quantitative estimate of drug-likeness (QED) is 0.856. The molecule has 0 N–H and O–H groups in total. The molecule has 2 bridgehead atoms. The smallest absolute Gasteiger partial charge is 0.165 e. The van der Waals surface area contributed by atoms with Crippen LogP contribution in [-0.4, -0.2) is 48.2 Å². The third-order valence-corrected chi connectivity index (χ3v) is 5.81. The largest absolute Gasteiger partial charge is 0.493 e. The van der Waals surface area contributed by atoms with Crippen LogP contribution in [0.1, 0.15) is 17.5 Å². The Bertz CT molecular complexity index is 796. The molecule has 0 spiro atoms. The monoisotopic (exact) mass is 339 g/mol. The zero-order valence-corrected chi connectivity index (χ0v) is 14.2. The van der Waals surface area contributed by atoms with Gasteiger partial charge < -0.3 is 9.64 Å². The fourth-order valence-corrected chi connectivity index (χ4v) is 4.54. The van der Waals surface area contributed by atoms with Crippen molar-refractivity contribution in [2.24, 2.45) is 0 Å². The summed E-state index contributed by atoms with van der Waals surface area (Å²) < 4.78 is 19.6. The van der Waals surface area contributed by atoms with Crippen LogP contribution in [0.15, 0.2) is 36.5 Å². The molecule has 2 fully saturated rings. The number of benzene rings is 1. The number of piperazine rings is 1. The van der Waals surface area contributed by atoms with Crippen molar-refractivity contribution in [1.29, 1.82) is 0 Å². The molecule has 5 rings (SSSR count). The lowest BCUT2D eigenvalue weighted by Crippen LogP contribution is -2.47. The van der Waals surface area contributed by atoms with Crippen LogP contribution in [0.3, 0.4) is 0 Å². The average Bonchev–Trinajstić information content (AvgIpc) is 3.35. The van der Waals surface area contributed by atoms with Crippen LogP contribution in [0.25, 0.3) is 0 Å². The van der Waals surface area contributed by atoms with Crippen molar-refractivity contribution in [3.8, 4) is 5.75 Å². The maximum absolute atomic E-state index is 14.0. The molecule has 3 aliphatic rings. The van der Waals surface area contributed by atoms with Gasteiger partial charge >= 0.3 is 0 Å². The lowest BCUT2D eigenvalue weighted by molar-refractivity contribution is 0.241. The van der Waals surface area contributed by atoms with Gasteiger partial charge in [0.15, 0.2) is 11.6 Å². The lowest BCUT2D eigenvalue weighted by atomic mass is 10.1. The number of anilines is 1. The zero-order chi connectivity index (χ0) is 16.8. The first kappa shape index (κ1) is 15.1. The van der Waals surface area contributed by atoms with Gasteiger partial charge in [0.05, 0.1) is 6.61 Å². The van der Waals surface area contributed by atoms with Gasteiger partial charge in [-0.05, 0) is 42.2 Å². The van der Waals surface area contributed by atoms with Crippen molar-refractivity contribution < 1.29 is 9.13 Å². The third kappa shape index (κ3) is 2.67. The summed E-state index contributed by atoms with van der Waals surface area (Å²) in [5, 5.41) is 0. The van der Waals surface area contributed by atoms with Crippen LogP contribution in [0.2, 0.25) is 0 Å². The highest BCUT2D eigenvalue weighted by Crippen LogP contribution is 2.34. The van der Waals surface area contributed by atoms with Gasteiger partial charge in [-0.25, -0.2) is 9.37 Å². The van der Waals surface area contributed by atoms with Crippen LogP contribution in [0.5, 0.6) is 5.75 Å². The SMILES string of the molecule is Fc1cccnc1N1CC2CC1CN2CCc1ccc2c(c1)CCO2. The Morgan fingerprint density at radius 1 is 1.20 bits per heavy atom. The molecule has 130 valence electrons. The number of nitrogens with zero attached hydrogens (tertiary/aromatic N) is 3. The van der Waals surface area contributed by atoms with Crippen LogP contribution in [0.4, 0.5) is 10.2 Å². The van der Waals surface area contributed by atoms with E-state index in [9.17, 15) is 4.39 Å². The van der Waals surface area contributed by atoms with E-state index < -0.39 is 0 Å². The average molecular weight is 339 g/mol. The molecule has 5 heteroatoms. The molecule has 25 heavy (non-hydrogen) atoms. The number of pyridine rings is 1. The highest BCUT2D eigenvalue weighted by atomic mass is 19.1. The van der Waals surface area contributed by atoms with E-state index in [1.165, 1.54) is 17.2 Å². The summed E-state index contributed by atoms with van der Waals surface area (Å²) in [7, 11) is 0. The molecule has 1 aromatic heterocycles. The van der Waals surface area contributed by atoms with E-state index in [1.807, 2.05) is 0 Å². The zero-order valence-electron chi connectivity index (χ0n) is 14.2. The standard InChI is InChI=1S/C20H22FN3O/c21-18-2-1-7-22-20(18)24-13-16-11-17(24)12-23(16)8-5-14-3-4-19-15(10-14)6-9-25-19/h1-4,7,10,16-17H,5-6,8-9,11-13H2. The molecule has 2 aromatic rings. The molecular formula is C20H22FN3O. The second kappa shape index (κ2) is 5.99. The second-order valence-electron chi connectivity index (χ2n) is 7.29. The molecule has 2 unspecified atom stereocenters. The van der Waals surface area contributed by atoms with Crippen LogP contribution >= 0.6 is 0 Å². The van der Waals surface area contributed by atoms with Crippen molar-refractivity contribution in [2.75, 3.05) is 31.1 Å². The molecule has 3 aliphatic heterocycles. The Morgan fingerprint density at radius 2 is 2.16 bits per heavy atom. The molecule has 4 nitrogen and oxygen atoms in total. The summed E-state index contributed by atoms with van der Waals surface area (Å²) >= 11 is 0. The molecule has 0 aliphatic carbocycles. The van der Waals surface area contributed by atoms with E-state index in [2.05, 4.69) is 33.0 Å². The molecule has 2 saturated heterocycles. The normalized spacial score (nSPS) is 24.6. The summed E-state index contributed by atoms with van der Waals surface area (Å²) in [6, 6.07) is 10.7. The predicted octanol–water partition coefficient (Wildman–Crippen LogP) is 2.66. The fraction of sp³-hybridized carbons (Fsp3) is 0.450. The molecule has 2 atom stereocenters.